The van der Waals surface area contributed by atoms with Crippen LogP contribution >= 0.6 is 0 Å². The van der Waals surface area contributed by atoms with E-state index in [4.69, 9.17) is 0 Å². The Hall–Kier alpha value is -2.15. The van der Waals surface area contributed by atoms with Crippen LogP contribution in [0.15, 0.2) is 24.4 Å². The Labute approximate surface area is 141 Å². The van der Waals surface area contributed by atoms with E-state index in [-0.39, 0.29) is 6.03 Å². The number of nitrogens with one attached hydrogen (secondary N) is 1. The quantitative estimate of drug-likeness (QED) is 0.927. The average molecular weight is 328 g/mol. The van der Waals surface area contributed by atoms with Crippen molar-refractivity contribution < 1.29 is 4.79 Å². The molecule has 0 spiro atoms. The second-order valence-electron chi connectivity index (χ2n) is 6.69. The second-order valence-corrected chi connectivity index (χ2v) is 6.69. The molecule has 1 N–H and O–H groups in total. The summed E-state index contributed by atoms with van der Waals surface area (Å²) in [5, 5.41) is 11.3. The van der Waals surface area contributed by atoms with Gasteiger partial charge in [-0.2, -0.15) is 0 Å². The fourth-order valence-electron chi connectivity index (χ4n) is 3.82. The Morgan fingerprint density at radius 1 is 1.17 bits per heavy atom. The van der Waals surface area contributed by atoms with Gasteiger partial charge in [-0.25, -0.2) is 4.79 Å². The zero-order valence-corrected chi connectivity index (χ0v) is 13.9. The van der Waals surface area contributed by atoms with Gasteiger partial charge in [0.1, 0.15) is 0 Å². The van der Waals surface area contributed by atoms with Gasteiger partial charge >= 0.3 is 6.03 Å². The van der Waals surface area contributed by atoms with Crippen LogP contribution in [0, 0.1) is 0 Å². The predicted molar refractivity (Wildman–Crippen MR) is 90.6 cm³/mol. The molecule has 2 saturated heterocycles. The van der Waals surface area contributed by atoms with E-state index in [1.54, 1.807) is 0 Å². The summed E-state index contributed by atoms with van der Waals surface area (Å²) in [4.78, 5) is 17.0. The number of nitrogens with zero attached hydrogens (tertiary/aromatic N) is 5. The Morgan fingerprint density at radius 3 is 2.92 bits per heavy atom. The monoisotopic (exact) mass is 328 g/mol. The summed E-state index contributed by atoms with van der Waals surface area (Å²) >= 11 is 0. The minimum absolute atomic E-state index is 0.00609. The van der Waals surface area contributed by atoms with Gasteiger partial charge in [0.25, 0.3) is 0 Å². The molecule has 4 rings (SSSR count). The number of pyridine rings is 1. The zero-order chi connectivity index (χ0) is 16.4. The number of hydrogen-bond donors (Lipinski definition) is 1. The SMILES string of the molecule is O=C(NCc1nnc2ccccn12)N1CCC[C@H](N2CCCC2)C1. The van der Waals surface area contributed by atoms with Crippen molar-refractivity contribution in [2.24, 2.45) is 0 Å². The lowest BCUT2D eigenvalue weighted by molar-refractivity contribution is 0.125. The minimum Gasteiger partial charge on any atom is -0.331 e. The number of hydrogen-bond acceptors (Lipinski definition) is 4. The van der Waals surface area contributed by atoms with E-state index in [0.717, 1.165) is 31.0 Å². The van der Waals surface area contributed by atoms with Gasteiger partial charge in [-0.15, -0.1) is 10.2 Å². The Balaban J connectivity index is 1.35. The summed E-state index contributed by atoms with van der Waals surface area (Å²) in [6, 6.07) is 6.31. The molecule has 1 atom stereocenters. The molecular weight excluding hydrogens is 304 g/mol. The lowest BCUT2D eigenvalue weighted by Crippen LogP contribution is -2.51. The molecule has 0 radical (unpaired) electrons. The third-order valence-electron chi connectivity index (χ3n) is 5.12. The zero-order valence-electron chi connectivity index (χ0n) is 13.9. The molecule has 0 aromatic carbocycles. The van der Waals surface area contributed by atoms with E-state index in [1.807, 2.05) is 33.7 Å². The molecule has 2 aliphatic heterocycles. The van der Waals surface area contributed by atoms with Crippen LogP contribution in [0.2, 0.25) is 0 Å². The van der Waals surface area contributed by atoms with Gasteiger partial charge in [0.15, 0.2) is 11.5 Å². The molecule has 7 heteroatoms. The fourth-order valence-corrected chi connectivity index (χ4v) is 3.82. The second kappa shape index (κ2) is 6.76. The maximum atomic E-state index is 12.5. The molecular formula is C17H24N6O. The number of piperidine rings is 1. The molecule has 0 unspecified atom stereocenters. The van der Waals surface area contributed by atoms with Gasteiger partial charge in [-0.1, -0.05) is 6.07 Å². The molecule has 2 aromatic heterocycles. The number of carbonyl (C=O) groups excluding carboxylic acids is 1. The van der Waals surface area contributed by atoms with Crippen molar-refractivity contribution in [3.8, 4) is 0 Å². The third kappa shape index (κ3) is 3.08. The summed E-state index contributed by atoms with van der Waals surface area (Å²) in [5.74, 6) is 0.757. The topological polar surface area (TPSA) is 65.8 Å². The highest BCUT2D eigenvalue weighted by Crippen LogP contribution is 2.20. The largest absolute Gasteiger partial charge is 0.331 e. The van der Waals surface area contributed by atoms with Gasteiger partial charge in [0.2, 0.25) is 0 Å². The van der Waals surface area contributed by atoms with Crippen LogP contribution in [-0.2, 0) is 6.54 Å². The van der Waals surface area contributed by atoms with Crippen molar-refractivity contribution in [3.63, 3.8) is 0 Å². The summed E-state index contributed by atoms with van der Waals surface area (Å²) in [6.45, 7) is 4.45. The first-order valence-corrected chi connectivity index (χ1v) is 8.87. The van der Waals surface area contributed by atoms with Gasteiger partial charge in [0.05, 0.1) is 6.54 Å². The van der Waals surface area contributed by atoms with Crippen LogP contribution in [-0.4, -0.2) is 62.6 Å². The molecule has 2 fully saturated rings. The van der Waals surface area contributed by atoms with Crippen LogP contribution in [0.4, 0.5) is 4.79 Å². The molecule has 0 saturated carbocycles. The minimum atomic E-state index is 0.00609. The van der Waals surface area contributed by atoms with E-state index in [2.05, 4.69) is 20.4 Å². The predicted octanol–water partition coefficient (Wildman–Crippen LogP) is 1.50. The van der Waals surface area contributed by atoms with Crippen molar-refractivity contribution in [3.05, 3.63) is 30.2 Å². The first-order chi connectivity index (χ1) is 11.8. The average Bonchev–Trinajstić information content (AvgIpc) is 3.30. The summed E-state index contributed by atoms with van der Waals surface area (Å²) in [6.07, 6.45) is 6.80. The maximum absolute atomic E-state index is 12.5. The van der Waals surface area contributed by atoms with Crippen LogP contribution in [0.5, 0.6) is 0 Å². The van der Waals surface area contributed by atoms with Gasteiger partial charge in [-0.05, 0) is 50.9 Å². The fraction of sp³-hybridized carbons (Fsp3) is 0.588. The van der Waals surface area contributed by atoms with E-state index < -0.39 is 0 Å². The Kier molecular flexibility index (Phi) is 4.34. The summed E-state index contributed by atoms with van der Waals surface area (Å²) in [7, 11) is 0. The van der Waals surface area contributed by atoms with Gasteiger partial charge in [0, 0.05) is 25.3 Å². The first-order valence-electron chi connectivity index (χ1n) is 8.87. The molecule has 0 bridgehead atoms. The van der Waals surface area contributed by atoms with Gasteiger partial charge < -0.3 is 10.2 Å². The van der Waals surface area contributed by atoms with Crippen LogP contribution in [0.3, 0.4) is 0 Å². The summed E-state index contributed by atoms with van der Waals surface area (Å²) in [5.41, 5.74) is 0.800. The molecule has 24 heavy (non-hydrogen) atoms. The molecule has 0 aliphatic carbocycles. The van der Waals surface area contributed by atoms with E-state index in [9.17, 15) is 4.79 Å². The van der Waals surface area contributed by atoms with Crippen molar-refractivity contribution in [2.75, 3.05) is 26.2 Å². The third-order valence-corrected chi connectivity index (χ3v) is 5.12. The van der Waals surface area contributed by atoms with Crippen molar-refractivity contribution in [1.29, 1.82) is 0 Å². The molecule has 2 amide bonds. The number of fused-ring (bicyclic) bond motifs is 1. The van der Waals surface area contributed by atoms with E-state index in [1.165, 1.54) is 32.4 Å². The van der Waals surface area contributed by atoms with Crippen molar-refractivity contribution >= 4 is 11.7 Å². The number of aromatic nitrogens is 3. The van der Waals surface area contributed by atoms with Crippen molar-refractivity contribution in [2.45, 2.75) is 38.3 Å². The highest BCUT2D eigenvalue weighted by molar-refractivity contribution is 5.74. The van der Waals surface area contributed by atoms with Gasteiger partial charge in [-0.3, -0.25) is 9.30 Å². The molecule has 128 valence electrons. The lowest BCUT2D eigenvalue weighted by Gasteiger charge is -2.37. The van der Waals surface area contributed by atoms with Crippen molar-refractivity contribution in [1.82, 2.24) is 29.7 Å². The number of amides is 2. The van der Waals surface area contributed by atoms with Crippen LogP contribution in [0.25, 0.3) is 5.65 Å². The molecule has 4 heterocycles. The lowest BCUT2D eigenvalue weighted by atomic mass is 10.0. The normalized spacial score (nSPS) is 22.2. The molecule has 2 aliphatic rings. The standard InChI is InChI=1S/C17H24N6O/c24-17(18-12-16-20-19-15-7-1-2-11-23(15)16)22-10-5-6-14(13-22)21-8-3-4-9-21/h1-2,7,11,14H,3-6,8-10,12-13H2,(H,18,24)/t14-/m0/s1. The number of urea groups is 1. The number of carbonyl (C=O) groups is 1. The Morgan fingerprint density at radius 2 is 2.04 bits per heavy atom. The van der Waals surface area contributed by atoms with Crippen LogP contribution in [0.1, 0.15) is 31.5 Å². The highest BCUT2D eigenvalue weighted by Gasteiger charge is 2.29. The number of likely N-dealkylation sites (tertiary alicyclic amines) is 2. The first kappa shape index (κ1) is 15.4. The molecule has 7 nitrogen and oxygen atoms in total. The molecule has 2 aromatic rings. The summed E-state index contributed by atoms with van der Waals surface area (Å²) < 4.78 is 1.91. The maximum Gasteiger partial charge on any atom is 0.317 e. The van der Waals surface area contributed by atoms with Crippen LogP contribution < -0.4 is 5.32 Å². The van der Waals surface area contributed by atoms with E-state index in [0.29, 0.717) is 12.6 Å². The smallest absolute Gasteiger partial charge is 0.317 e. The number of rotatable bonds is 3. The Bertz CT molecular complexity index is 708. The van der Waals surface area contributed by atoms with E-state index >= 15 is 0 Å². The highest BCUT2D eigenvalue weighted by atomic mass is 16.2.